The Kier molecular flexibility index (Phi) is 5.48. The molecule has 1 N–H and O–H groups in total. The van der Waals surface area contributed by atoms with E-state index in [4.69, 9.17) is 0 Å². The first-order chi connectivity index (χ1) is 8.24. The highest BCUT2D eigenvalue weighted by Gasteiger charge is 2.13. The topological polar surface area (TPSA) is 15.3 Å². The summed E-state index contributed by atoms with van der Waals surface area (Å²) in [4.78, 5) is 3.88. The maximum Gasteiger partial charge on any atom is 0.0325 e. The molecule has 1 aromatic heterocycles. The van der Waals surface area contributed by atoms with Crippen LogP contribution in [-0.4, -0.2) is 31.6 Å². The van der Waals surface area contributed by atoms with E-state index in [1.54, 1.807) is 0 Å². The van der Waals surface area contributed by atoms with E-state index in [1.165, 1.54) is 48.2 Å². The molecule has 1 saturated heterocycles. The van der Waals surface area contributed by atoms with E-state index in [0.29, 0.717) is 0 Å². The van der Waals surface area contributed by atoms with Crippen LogP contribution < -0.4 is 5.32 Å². The van der Waals surface area contributed by atoms with Crippen LogP contribution in [0.4, 0.5) is 0 Å². The highest BCUT2D eigenvalue weighted by molar-refractivity contribution is 9.10. The maximum absolute atomic E-state index is 3.51. The molecule has 2 heterocycles. The molecule has 1 aliphatic rings. The summed E-state index contributed by atoms with van der Waals surface area (Å²) in [5.41, 5.74) is 0. The second kappa shape index (κ2) is 6.88. The molecule has 0 aliphatic carbocycles. The van der Waals surface area contributed by atoms with E-state index in [2.05, 4.69) is 44.6 Å². The SMILES string of the molecule is CN(CCC1CCCNC1)Cc1cc(Br)cs1. The number of nitrogens with zero attached hydrogens (tertiary/aromatic N) is 1. The molecule has 17 heavy (non-hydrogen) atoms. The summed E-state index contributed by atoms with van der Waals surface area (Å²) in [5.74, 6) is 0.890. The Balaban J connectivity index is 1.68. The Morgan fingerprint density at radius 1 is 1.59 bits per heavy atom. The van der Waals surface area contributed by atoms with Crippen molar-refractivity contribution in [3.63, 3.8) is 0 Å². The Hall–Kier alpha value is 0.1000. The van der Waals surface area contributed by atoms with Gasteiger partial charge in [-0.2, -0.15) is 0 Å². The molecule has 1 aliphatic heterocycles. The summed E-state index contributed by atoms with van der Waals surface area (Å²) in [5, 5.41) is 5.65. The van der Waals surface area contributed by atoms with Gasteiger partial charge < -0.3 is 10.2 Å². The van der Waals surface area contributed by atoms with Gasteiger partial charge >= 0.3 is 0 Å². The predicted octanol–water partition coefficient (Wildman–Crippen LogP) is 3.33. The van der Waals surface area contributed by atoms with Crippen LogP contribution in [0.5, 0.6) is 0 Å². The molecule has 0 saturated carbocycles. The normalized spacial score (nSPS) is 21.0. The Bertz CT molecular complexity index is 334. The highest BCUT2D eigenvalue weighted by Crippen LogP contribution is 2.21. The molecule has 4 heteroatoms. The van der Waals surface area contributed by atoms with Crippen molar-refractivity contribution < 1.29 is 0 Å². The standard InChI is InChI=1S/C13H21BrN2S/c1-16(9-13-7-12(14)10-17-13)6-4-11-3-2-5-15-8-11/h7,10-11,15H,2-6,8-9H2,1H3. The van der Waals surface area contributed by atoms with Crippen molar-refractivity contribution in [1.82, 2.24) is 10.2 Å². The minimum absolute atomic E-state index is 0.890. The highest BCUT2D eigenvalue weighted by atomic mass is 79.9. The number of rotatable bonds is 5. The molecule has 1 unspecified atom stereocenters. The maximum atomic E-state index is 3.51. The van der Waals surface area contributed by atoms with Gasteiger partial charge in [0.2, 0.25) is 0 Å². The lowest BCUT2D eigenvalue weighted by Gasteiger charge is -2.25. The van der Waals surface area contributed by atoms with Gasteiger partial charge in [-0.05, 0) is 73.9 Å². The third kappa shape index (κ3) is 4.70. The zero-order valence-electron chi connectivity index (χ0n) is 10.4. The van der Waals surface area contributed by atoms with Crippen LogP contribution in [0.15, 0.2) is 15.9 Å². The molecule has 0 bridgehead atoms. The molecule has 0 aromatic carbocycles. The minimum atomic E-state index is 0.890. The van der Waals surface area contributed by atoms with Gasteiger partial charge in [-0.3, -0.25) is 0 Å². The Labute approximate surface area is 117 Å². The van der Waals surface area contributed by atoms with Crippen molar-refractivity contribution in [1.29, 1.82) is 0 Å². The molecule has 2 rings (SSSR count). The first-order valence-electron chi connectivity index (χ1n) is 6.36. The largest absolute Gasteiger partial charge is 0.316 e. The quantitative estimate of drug-likeness (QED) is 0.896. The van der Waals surface area contributed by atoms with E-state index < -0.39 is 0 Å². The van der Waals surface area contributed by atoms with Crippen LogP contribution in [0.3, 0.4) is 0 Å². The van der Waals surface area contributed by atoms with Crippen LogP contribution in [-0.2, 0) is 6.54 Å². The van der Waals surface area contributed by atoms with Crippen molar-refractivity contribution in [2.75, 3.05) is 26.7 Å². The first-order valence-corrected chi connectivity index (χ1v) is 8.03. The van der Waals surface area contributed by atoms with E-state index in [-0.39, 0.29) is 0 Å². The summed E-state index contributed by atoms with van der Waals surface area (Å²) in [6, 6.07) is 2.23. The average molecular weight is 317 g/mol. The van der Waals surface area contributed by atoms with Crippen molar-refractivity contribution >= 4 is 27.3 Å². The Morgan fingerprint density at radius 3 is 3.12 bits per heavy atom. The second-order valence-corrected chi connectivity index (χ2v) is 6.88. The van der Waals surface area contributed by atoms with Gasteiger partial charge in [-0.25, -0.2) is 0 Å². The van der Waals surface area contributed by atoms with Crippen LogP contribution in [0.25, 0.3) is 0 Å². The van der Waals surface area contributed by atoms with Crippen LogP contribution in [0, 0.1) is 5.92 Å². The van der Waals surface area contributed by atoms with E-state index >= 15 is 0 Å². The summed E-state index contributed by atoms with van der Waals surface area (Å²) < 4.78 is 1.21. The molecule has 1 aromatic rings. The predicted molar refractivity (Wildman–Crippen MR) is 78.6 cm³/mol. The van der Waals surface area contributed by atoms with E-state index in [9.17, 15) is 0 Å². The van der Waals surface area contributed by atoms with Gasteiger partial charge in [-0.15, -0.1) is 11.3 Å². The molecular weight excluding hydrogens is 296 g/mol. The second-order valence-electron chi connectivity index (χ2n) is 4.97. The zero-order valence-corrected chi connectivity index (χ0v) is 12.8. The minimum Gasteiger partial charge on any atom is -0.316 e. The van der Waals surface area contributed by atoms with Crippen molar-refractivity contribution in [3.05, 3.63) is 20.8 Å². The van der Waals surface area contributed by atoms with Crippen LogP contribution in [0.2, 0.25) is 0 Å². The lowest BCUT2D eigenvalue weighted by Crippen LogP contribution is -2.32. The van der Waals surface area contributed by atoms with Crippen molar-refractivity contribution in [3.8, 4) is 0 Å². The van der Waals surface area contributed by atoms with Crippen LogP contribution in [0.1, 0.15) is 24.1 Å². The average Bonchev–Trinajstić information content (AvgIpc) is 2.73. The molecular formula is C13H21BrN2S. The number of piperidine rings is 1. The lowest BCUT2D eigenvalue weighted by atomic mass is 9.96. The lowest BCUT2D eigenvalue weighted by molar-refractivity contribution is 0.270. The molecule has 0 spiro atoms. The summed E-state index contributed by atoms with van der Waals surface area (Å²) in [7, 11) is 2.23. The summed E-state index contributed by atoms with van der Waals surface area (Å²) >= 11 is 5.35. The molecule has 2 nitrogen and oxygen atoms in total. The van der Waals surface area contributed by atoms with Gasteiger partial charge in [-0.1, -0.05) is 0 Å². The van der Waals surface area contributed by atoms with Crippen LogP contribution >= 0.6 is 27.3 Å². The molecule has 1 atom stereocenters. The van der Waals surface area contributed by atoms with Gasteiger partial charge in [0.1, 0.15) is 0 Å². The number of halogens is 1. The molecule has 96 valence electrons. The third-order valence-corrected chi connectivity index (χ3v) is 5.05. The fourth-order valence-corrected chi connectivity index (χ4v) is 3.89. The number of hydrogen-bond acceptors (Lipinski definition) is 3. The monoisotopic (exact) mass is 316 g/mol. The van der Waals surface area contributed by atoms with Gasteiger partial charge in [0.25, 0.3) is 0 Å². The number of nitrogens with one attached hydrogen (secondary N) is 1. The van der Waals surface area contributed by atoms with E-state index in [1.807, 2.05) is 11.3 Å². The fourth-order valence-electron chi connectivity index (χ4n) is 2.36. The van der Waals surface area contributed by atoms with Crippen molar-refractivity contribution in [2.24, 2.45) is 5.92 Å². The first kappa shape index (κ1) is 13.5. The number of thiophene rings is 1. The number of hydrogen-bond donors (Lipinski definition) is 1. The molecule has 0 radical (unpaired) electrons. The zero-order chi connectivity index (χ0) is 12.1. The fraction of sp³-hybridized carbons (Fsp3) is 0.692. The third-order valence-electron chi connectivity index (χ3n) is 3.37. The van der Waals surface area contributed by atoms with Crippen molar-refractivity contribution in [2.45, 2.75) is 25.8 Å². The smallest absolute Gasteiger partial charge is 0.0325 e. The molecule has 1 fully saturated rings. The summed E-state index contributed by atoms with van der Waals surface area (Å²) in [6.45, 7) is 4.73. The summed E-state index contributed by atoms with van der Waals surface area (Å²) in [6.07, 6.45) is 4.09. The Morgan fingerprint density at radius 2 is 2.47 bits per heavy atom. The van der Waals surface area contributed by atoms with E-state index in [0.717, 1.165) is 12.5 Å². The molecule has 0 amide bonds. The van der Waals surface area contributed by atoms with Gasteiger partial charge in [0.15, 0.2) is 0 Å². The van der Waals surface area contributed by atoms with Gasteiger partial charge in [0, 0.05) is 21.3 Å². The van der Waals surface area contributed by atoms with Gasteiger partial charge in [0.05, 0.1) is 0 Å².